The maximum absolute atomic E-state index is 12.0. The summed E-state index contributed by atoms with van der Waals surface area (Å²) in [5.41, 5.74) is 0. The van der Waals surface area contributed by atoms with Crippen molar-refractivity contribution in [3.05, 3.63) is 0 Å². The van der Waals surface area contributed by atoms with Gasteiger partial charge in [-0.3, -0.25) is 13.9 Å². The Hall–Kier alpha value is -0.420. The van der Waals surface area contributed by atoms with Gasteiger partial charge in [0.05, 0.1) is 0 Å². The Balaban J connectivity index is 1.47. The van der Waals surface area contributed by atoms with Crippen molar-refractivity contribution in [3.63, 3.8) is 0 Å². The molecule has 1 saturated heterocycles. The molecule has 5 heteroatoms. The summed E-state index contributed by atoms with van der Waals surface area (Å²) in [4.78, 5) is 16.6. The number of nitrogens with zero attached hydrogens (tertiary/aromatic N) is 2. The summed E-state index contributed by atoms with van der Waals surface area (Å²) in [6.45, 7) is 5.55. The van der Waals surface area contributed by atoms with Crippen molar-refractivity contribution in [2.45, 2.75) is 38.6 Å². The van der Waals surface area contributed by atoms with Crippen LogP contribution in [0.2, 0.25) is 0 Å². The van der Waals surface area contributed by atoms with Gasteiger partial charge < -0.3 is 4.90 Å². The predicted molar refractivity (Wildman–Crippen MR) is 80.9 cm³/mol. The first-order chi connectivity index (χ1) is 9.67. The summed E-state index contributed by atoms with van der Waals surface area (Å²) < 4.78 is 11.5. The molecule has 20 heavy (non-hydrogen) atoms. The highest BCUT2D eigenvalue weighted by Gasteiger charge is 2.42. The summed E-state index contributed by atoms with van der Waals surface area (Å²) in [5.74, 6) is 2.78. The molecule has 1 aliphatic heterocycles. The quantitative estimate of drug-likeness (QED) is 0.780. The number of hydrogen-bond donors (Lipinski definition) is 0. The van der Waals surface area contributed by atoms with Crippen LogP contribution < -0.4 is 0 Å². The first kappa shape index (κ1) is 14.5. The maximum Gasteiger partial charge on any atom is 0.235 e. The Bertz CT molecular complexity index is 393. The minimum Gasteiger partial charge on any atom is -0.339 e. The second-order valence-corrected chi connectivity index (χ2v) is 8.28. The monoisotopic (exact) mass is 298 g/mol. The van der Waals surface area contributed by atoms with Crippen LogP contribution in [0.25, 0.3) is 0 Å². The number of hydrogen-bond acceptors (Lipinski definition) is 3. The zero-order chi connectivity index (χ0) is 14.1. The van der Waals surface area contributed by atoms with E-state index in [2.05, 4.69) is 4.90 Å². The van der Waals surface area contributed by atoms with Crippen LogP contribution in [0.4, 0.5) is 0 Å². The zero-order valence-corrected chi connectivity index (χ0v) is 13.2. The third kappa shape index (κ3) is 2.93. The van der Waals surface area contributed by atoms with Crippen molar-refractivity contribution in [1.82, 2.24) is 9.80 Å². The van der Waals surface area contributed by atoms with E-state index in [-0.39, 0.29) is 11.7 Å². The van der Waals surface area contributed by atoms with Crippen molar-refractivity contribution in [3.8, 4) is 0 Å². The maximum atomic E-state index is 12.0. The highest BCUT2D eigenvalue weighted by Crippen LogP contribution is 2.46. The summed E-state index contributed by atoms with van der Waals surface area (Å²) in [6, 6.07) is 0.788. The van der Waals surface area contributed by atoms with E-state index >= 15 is 0 Å². The standard InChI is InChI=1S/C15H26N2O2S/c1-2-20(19)11-15(18)17-7-5-16(6-8-17)14-10-12-3-4-13(14)9-12/h12-14H,2-11H2,1H3/t12-,13-,14+,20+/m0/s1. The lowest BCUT2D eigenvalue weighted by molar-refractivity contribution is -0.130. The SMILES string of the molecule is CC[S@@](=O)CC(=O)N1CCN([C@@H]2C[C@H]3CC[C@H]2C3)CC1. The third-order valence-corrected chi connectivity index (χ3v) is 6.66. The van der Waals surface area contributed by atoms with Crippen molar-refractivity contribution in [2.75, 3.05) is 37.7 Å². The topological polar surface area (TPSA) is 40.6 Å². The lowest BCUT2D eigenvalue weighted by Gasteiger charge is -2.41. The average molecular weight is 298 g/mol. The normalized spacial score (nSPS) is 35.5. The van der Waals surface area contributed by atoms with E-state index in [1.54, 1.807) is 0 Å². The lowest BCUT2D eigenvalue weighted by atomic mass is 9.93. The molecular weight excluding hydrogens is 272 g/mol. The average Bonchev–Trinajstić information content (AvgIpc) is 3.10. The van der Waals surface area contributed by atoms with Crippen LogP contribution in [-0.2, 0) is 15.6 Å². The number of piperazine rings is 1. The molecule has 1 heterocycles. The van der Waals surface area contributed by atoms with Gasteiger partial charge in [0.1, 0.15) is 5.75 Å². The number of fused-ring (bicyclic) bond motifs is 2. The van der Waals surface area contributed by atoms with E-state index < -0.39 is 10.8 Å². The molecule has 2 aliphatic carbocycles. The molecule has 4 atom stereocenters. The highest BCUT2D eigenvalue weighted by molar-refractivity contribution is 7.85. The number of amides is 1. The van der Waals surface area contributed by atoms with Crippen LogP contribution in [0.5, 0.6) is 0 Å². The fraction of sp³-hybridized carbons (Fsp3) is 0.933. The van der Waals surface area contributed by atoms with Crippen LogP contribution in [0.1, 0.15) is 32.6 Å². The van der Waals surface area contributed by atoms with E-state index in [9.17, 15) is 9.00 Å². The van der Waals surface area contributed by atoms with E-state index in [4.69, 9.17) is 0 Å². The second-order valence-electron chi connectivity index (χ2n) is 6.53. The van der Waals surface area contributed by atoms with Crippen molar-refractivity contribution >= 4 is 16.7 Å². The molecule has 0 N–H and O–H groups in total. The molecule has 2 saturated carbocycles. The Morgan fingerprint density at radius 2 is 1.90 bits per heavy atom. The Morgan fingerprint density at radius 3 is 2.45 bits per heavy atom. The Kier molecular flexibility index (Phi) is 4.46. The molecule has 0 radical (unpaired) electrons. The molecule has 4 nitrogen and oxygen atoms in total. The summed E-state index contributed by atoms with van der Waals surface area (Å²) in [7, 11) is -0.976. The fourth-order valence-corrected chi connectivity index (χ4v) is 4.95. The van der Waals surface area contributed by atoms with Crippen LogP contribution in [0.15, 0.2) is 0 Å². The third-order valence-electron chi connectivity index (χ3n) is 5.44. The van der Waals surface area contributed by atoms with Gasteiger partial charge in [-0.05, 0) is 31.1 Å². The summed E-state index contributed by atoms with van der Waals surface area (Å²) in [6.07, 6.45) is 5.70. The van der Waals surface area contributed by atoms with Crippen LogP contribution >= 0.6 is 0 Å². The molecular formula is C15H26N2O2S. The van der Waals surface area contributed by atoms with E-state index in [0.29, 0.717) is 5.75 Å². The van der Waals surface area contributed by atoms with E-state index in [0.717, 1.165) is 44.1 Å². The van der Waals surface area contributed by atoms with E-state index in [1.165, 1.54) is 25.7 Å². The van der Waals surface area contributed by atoms with Gasteiger partial charge in [0.2, 0.25) is 5.91 Å². The van der Waals surface area contributed by atoms with Gasteiger partial charge in [-0.2, -0.15) is 0 Å². The molecule has 1 amide bonds. The zero-order valence-electron chi connectivity index (χ0n) is 12.4. The van der Waals surface area contributed by atoms with Crippen LogP contribution in [0, 0.1) is 11.8 Å². The molecule has 114 valence electrons. The Morgan fingerprint density at radius 1 is 1.15 bits per heavy atom. The minimum absolute atomic E-state index is 0.0813. The van der Waals surface area contributed by atoms with Gasteiger partial charge in [-0.25, -0.2) is 0 Å². The van der Waals surface area contributed by atoms with Crippen molar-refractivity contribution < 1.29 is 9.00 Å². The highest BCUT2D eigenvalue weighted by atomic mass is 32.2. The van der Waals surface area contributed by atoms with Gasteiger partial charge in [0.15, 0.2) is 0 Å². The number of rotatable bonds is 4. The smallest absolute Gasteiger partial charge is 0.235 e. The van der Waals surface area contributed by atoms with Gasteiger partial charge in [-0.1, -0.05) is 13.3 Å². The first-order valence-electron chi connectivity index (χ1n) is 8.04. The number of carbonyl (C=O) groups excluding carboxylic acids is 1. The molecule has 0 aromatic heterocycles. The first-order valence-corrected chi connectivity index (χ1v) is 9.53. The molecule has 0 unspecified atom stereocenters. The van der Waals surface area contributed by atoms with Gasteiger partial charge >= 0.3 is 0 Å². The van der Waals surface area contributed by atoms with Crippen LogP contribution in [-0.4, -0.2) is 63.6 Å². The number of carbonyl (C=O) groups is 1. The minimum atomic E-state index is -0.976. The van der Waals surface area contributed by atoms with E-state index in [1.807, 2.05) is 11.8 Å². The van der Waals surface area contributed by atoms with Crippen molar-refractivity contribution in [2.24, 2.45) is 11.8 Å². The molecule has 3 rings (SSSR count). The molecule has 2 bridgehead atoms. The van der Waals surface area contributed by atoms with Gasteiger partial charge in [0.25, 0.3) is 0 Å². The largest absolute Gasteiger partial charge is 0.339 e. The second kappa shape index (κ2) is 6.14. The lowest BCUT2D eigenvalue weighted by Crippen LogP contribution is -2.53. The molecule has 0 spiro atoms. The molecule has 3 aliphatic rings. The predicted octanol–water partition coefficient (Wildman–Crippen LogP) is 1.09. The van der Waals surface area contributed by atoms with Crippen molar-refractivity contribution in [1.29, 1.82) is 0 Å². The summed E-state index contributed by atoms with van der Waals surface area (Å²) in [5, 5.41) is 0. The molecule has 0 aromatic rings. The Labute approximate surface area is 124 Å². The van der Waals surface area contributed by atoms with Gasteiger partial charge in [0, 0.05) is 48.8 Å². The fourth-order valence-electron chi connectivity index (χ4n) is 4.29. The summed E-state index contributed by atoms with van der Waals surface area (Å²) >= 11 is 0. The van der Waals surface area contributed by atoms with Gasteiger partial charge in [-0.15, -0.1) is 0 Å². The van der Waals surface area contributed by atoms with Crippen LogP contribution in [0.3, 0.4) is 0 Å². The molecule has 3 fully saturated rings. The molecule has 0 aromatic carbocycles.